The van der Waals surface area contributed by atoms with Crippen LogP contribution in [0.25, 0.3) is 0 Å². The van der Waals surface area contributed by atoms with Crippen LogP contribution in [0.2, 0.25) is 0 Å². The predicted molar refractivity (Wildman–Crippen MR) is 74.3 cm³/mol. The highest BCUT2D eigenvalue weighted by atomic mass is 16.3. The van der Waals surface area contributed by atoms with E-state index in [1.54, 1.807) is 11.8 Å². The third-order valence-electron chi connectivity index (χ3n) is 4.46. The van der Waals surface area contributed by atoms with Gasteiger partial charge in [-0.25, -0.2) is 0 Å². The molecule has 1 fully saturated rings. The van der Waals surface area contributed by atoms with Gasteiger partial charge in [-0.05, 0) is 37.5 Å². The molecule has 2 atom stereocenters. The lowest BCUT2D eigenvalue weighted by Crippen LogP contribution is -2.35. The van der Waals surface area contributed by atoms with E-state index >= 15 is 0 Å². The lowest BCUT2D eigenvalue weighted by atomic mass is 9.67. The fraction of sp³-hybridized carbons (Fsp3) is 0.933. The van der Waals surface area contributed by atoms with Crippen molar-refractivity contribution < 1.29 is 9.90 Å². The average Bonchev–Trinajstić information content (AvgIpc) is 2.28. The van der Waals surface area contributed by atoms with Gasteiger partial charge >= 0.3 is 0 Å². The van der Waals surface area contributed by atoms with Crippen LogP contribution in [0.15, 0.2) is 0 Å². The van der Waals surface area contributed by atoms with Crippen molar-refractivity contribution in [1.82, 2.24) is 4.90 Å². The highest BCUT2D eigenvalue weighted by Crippen LogP contribution is 2.42. The van der Waals surface area contributed by atoms with Crippen molar-refractivity contribution in [2.24, 2.45) is 11.3 Å². The molecule has 0 aromatic carbocycles. The Morgan fingerprint density at radius 1 is 1.44 bits per heavy atom. The second-order valence-electron chi connectivity index (χ2n) is 6.59. The summed E-state index contributed by atoms with van der Waals surface area (Å²) >= 11 is 0. The zero-order valence-electron chi connectivity index (χ0n) is 12.4. The molecule has 0 radical (unpaired) electrons. The zero-order valence-corrected chi connectivity index (χ0v) is 12.4. The van der Waals surface area contributed by atoms with Gasteiger partial charge in [0.15, 0.2) is 0 Å². The molecular weight excluding hydrogens is 226 g/mol. The van der Waals surface area contributed by atoms with Crippen molar-refractivity contribution in [3.8, 4) is 0 Å². The Labute approximate surface area is 112 Å². The summed E-state index contributed by atoms with van der Waals surface area (Å²) in [6.07, 6.45) is 5.99. The first kappa shape index (κ1) is 15.5. The molecule has 1 aliphatic carbocycles. The number of hydrogen-bond acceptors (Lipinski definition) is 2. The number of carbonyl (C=O) groups excluding carboxylic acids is 1. The van der Waals surface area contributed by atoms with Crippen molar-refractivity contribution in [2.75, 3.05) is 13.6 Å². The molecule has 1 N–H and O–H groups in total. The van der Waals surface area contributed by atoms with E-state index in [0.29, 0.717) is 30.7 Å². The molecule has 0 heterocycles. The summed E-state index contributed by atoms with van der Waals surface area (Å²) in [6, 6.07) is 0. The molecule has 3 nitrogen and oxygen atoms in total. The van der Waals surface area contributed by atoms with Gasteiger partial charge in [0.05, 0.1) is 6.10 Å². The van der Waals surface area contributed by atoms with Gasteiger partial charge in [-0.3, -0.25) is 4.79 Å². The highest BCUT2D eigenvalue weighted by molar-refractivity contribution is 5.76. The largest absolute Gasteiger partial charge is 0.393 e. The monoisotopic (exact) mass is 255 g/mol. The lowest BCUT2D eigenvalue weighted by Gasteiger charge is -2.39. The minimum Gasteiger partial charge on any atom is -0.393 e. The molecular formula is C15H29NO2. The normalized spacial score (nSPS) is 24.6. The first-order valence-electron chi connectivity index (χ1n) is 7.25. The minimum absolute atomic E-state index is 0.232. The molecule has 0 aromatic rings. The summed E-state index contributed by atoms with van der Waals surface area (Å²) in [6.45, 7) is 7.01. The molecule has 106 valence electrons. The zero-order chi connectivity index (χ0) is 13.8. The quantitative estimate of drug-likeness (QED) is 0.820. The number of rotatable bonds is 5. The van der Waals surface area contributed by atoms with Gasteiger partial charge in [0.25, 0.3) is 0 Å². The van der Waals surface area contributed by atoms with E-state index in [9.17, 15) is 9.90 Å². The van der Waals surface area contributed by atoms with Crippen LogP contribution in [-0.2, 0) is 4.79 Å². The summed E-state index contributed by atoms with van der Waals surface area (Å²) < 4.78 is 0. The van der Waals surface area contributed by atoms with Crippen molar-refractivity contribution in [3.63, 3.8) is 0 Å². The topological polar surface area (TPSA) is 40.5 Å². The van der Waals surface area contributed by atoms with Crippen LogP contribution in [-0.4, -0.2) is 35.6 Å². The van der Waals surface area contributed by atoms with Crippen molar-refractivity contribution in [2.45, 2.75) is 65.4 Å². The van der Waals surface area contributed by atoms with Crippen molar-refractivity contribution in [3.05, 3.63) is 0 Å². The number of aliphatic hydroxyl groups is 1. The van der Waals surface area contributed by atoms with Crippen LogP contribution < -0.4 is 0 Å². The van der Waals surface area contributed by atoms with E-state index in [1.165, 1.54) is 25.7 Å². The summed E-state index contributed by atoms with van der Waals surface area (Å²) in [5.74, 6) is 0.753. The van der Waals surface area contributed by atoms with E-state index in [0.717, 1.165) is 0 Å². The van der Waals surface area contributed by atoms with Gasteiger partial charge in [0.1, 0.15) is 0 Å². The molecule has 1 saturated carbocycles. The van der Waals surface area contributed by atoms with E-state index in [4.69, 9.17) is 0 Å². The van der Waals surface area contributed by atoms with Crippen LogP contribution in [0.1, 0.15) is 59.3 Å². The molecule has 0 aliphatic heterocycles. The van der Waals surface area contributed by atoms with Crippen LogP contribution in [0.5, 0.6) is 0 Å². The number of carbonyl (C=O) groups is 1. The maximum absolute atomic E-state index is 12.2. The molecule has 2 unspecified atom stereocenters. The van der Waals surface area contributed by atoms with Crippen molar-refractivity contribution >= 4 is 5.91 Å². The molecule has 0 aromatic heterocycles. The van der Waals surface area contributed by atoms with Gasteiger partial charge in [0, 0.05) is 20.0 Å². The smallest absolute Gasteiger partial charge is 0.222 e. The Morgan fingerprint density at radius 2 is 2.11 bits per heavy atom. The molecule has 0 spiro atoms. The summed E-state index contributed by atoms with van der Waals surface area (Å²) in [5.41, 5.74) is 0.305. The number of hydrogen-bond donors (Lipinski definition) is 1. The van der Waals surface area contributed by atoms with Crippen LogP contribution in [0, 0.1) is 11.3 Å². The van der Waals surface area contributed by atoms with Gasteiger partial charge in [0.2, 0.25) is 5.91 Å². The standard InChI is InChI=1S/C15H29NO2/c1-12(17)8-10-16(4)14(18)11-13-7-5-6-9-15(13,2)3/h12-13,17H,5-11H2,1-4H3. The lowest BCUT2D eigenvalue weighted by molar-refractivity contribution is -0.132. The second-order valence-corrected chi connectivity index (χ2v) is 6.59. The minimum atomic E-state index is -0.327. The van der Waals surface area contributed by atoms with Gasteiger partial charge in [-0.2, -0.15) is 0 Å². The predicted octanol–water partition coefficient (Wildman–Crippen LogP) is 2.82. The SMILES string of the molecule is CC(O)CCN(C)C(=O)CC1CCCCC1(C)C. The number of nitrogens with zero attached hydrogens (tertiary/aromatic N) is 1. The fourth-order valence-corrected chi connectivity index (χ4v) is 2.82. The Morgan fingerprint density at radius 3 is 2.67 bits per heavy atom. The van der Waals surface area contributed by atoms with Crippen molar-refractivity contribution in [1.29, 1.82) is 0 Å². The molecule has 1 amide bonds. The number of aliphatic hydroxyl groups excluding tert-OH is 1. The van der Waals surface area contributed by atoms with E-state index in [2.05, 4.69) is 13.8 Å². The summed E-state index contributed by atoms with van der Waals surface area (Å²) in [5, 5.41) is 9.25. The van der Waals surface area contributed by atoms with E-state index in [1.807, 2.05) is 7.05 Å². The fourth-order valence-electron chi connectivity index (χ4n) is 2.82. The third kappa shape index (κ3) is 4.60. The molecule has 0 bridgehead atoms. The van der Waals surface area contributed by atoms with Crippen LogP contribution in [0.3, 0.4) is 0 Å². The molecule has 0 saturated heterocycles. The Balaban J connectivity index is 2.43. The molecule has 1 rings (SSSR count). The maximum Gasteiger partial charge on any atom is 0.222 e. The van der Waals surface area contributed by atoms with Crippen LogP contribution in [0.4, 0.5) is 0 Å². The van der Waals surface area contributed by atoms with E-state index < -0.39 is 0 Å². The first-order chi connectivity index (χ1) is 8.33. The Bertz CT molecular complexity index is 274. The first-order valence-corrected chi connectivity index (χ1v) is 7.25. The summed E-state index contributed by atoms with van der Waals surface area (Å²) in [7, 11) is 1.85. The van der Waals surface area contributed by atoms with E-state index in [-0.39, 0.29) is 12.0 Å². The second kappa shape index (κ2) is 6.55. The molecule has 1 aliphatic rings. The molecule has 18 heavy (non-hydrogen) atoms. The van der Waals surface area contributed by atoms with Gasteiger partial charge in [-0.15, -0.1) is 0 Å². The van der Waals surface area contributed by atoms with Gasteiger partial charge in [-0.1, -0.05) is 26.7 Å². The highest BCUT2D eigenvalue weighted by Gasteiger charge is 2.33. The molecule has 3 heteroatoms. The average molecular weight is 255 g/mol. The Kier molecular flexibility index (Phi) is 5.64. The van der Waals surface area contributed by atoms with Crippen LogP contribution >= 0.6 is 0 Å². The Hall–Kier alpha value is -0.570. The number of amides is 1. The maximum atomic E-state index is 12.2. The third-order valence-corrected chi connectivity index (χ3v) is 4.46. The summed E-state index contributed by atoms with van der Waals surface area (Å²) in [4.78, 5) is 13.9. The van der Waals surface area contributed by atoms with Gasteiger partial charge < -0.3 is 10.0 Å².